The molecule has 2 rings (SSSR count). The van der Waals surface area contributed by atoms with Gasteiger partial charge in [0.2, 0.25) is 10.0 Å². The first kappa shape index (κ1) is 23.7. The van der Waals surface area contributed by atoms with Crippen LogP contribution in [0, 0.1) is 30.6 Å². The molecule has 0 heterocycles. The minimum absolute atomic E-state index is 0.113. The largest absolute Gasteiger partial charge is 0.244 e. The summed E-state index contributed by atoms with van der Waals surface area (Å²) < 4.78 is 27.9. The summed E-state index contributed by atoms with van der Waals surface area (Å²) in [6.45, 7) is 10.8. The number of hydrogen-bond donors (Lipinski definition) is 0. The molecule has 0 fully saturated rings. The zero-order chi connectivity index (χ0) is 22.1. The molecule has 0 aliphatic carbocycles. The molecule has 0 aliphatic heterocycles. The van der Waals surface area contributed by atoms with Crippen molar-refractivity contribution in [2.24, 2.45) is 11.8 Å². The Morgan fingerprint density at radius 2 is 1.57 bits per heavy atom. The third-order valence-electron chi connectivity index (χ3n) is 4.73. The molecule has 0 spiro atoms. The quantitative estimate of drug-likeness (QED) is 0.441. The first-order valence-electron chi connectivity index (χ1n) is 10.3. The summed E-state index contributed by atoms with van der Waals surface area (Å²) in [6, 6.07) is 16.5. The molecule has 0 atom stereocenters. The van der Waals surface area contributed by atoms with Crippen LogP contribution in [0.4, 0.5) is 0 Å². The summed E-state index contributed by atoms with van der Waals surface area (Å²) in [5, 5.41) is 0. The second-order valence-electron chi connectivity index (χ2n) is 7.89. The maximum atomic E-state index is 13.2. The minimum atomic E-state index is -3.66. The van der Waals surface area contributed by atoms with Crippen molar-refractivity contribution in [3.63, 3.8) is 0 Å². The van der Waals surface area contributed by atoms with Crippen LogP contribution in [0.1, 0.15) is 38.8 Å². The fraction of sp³-hybridized carbons (Fsp3) is 0.346. The Bertz CT molecular complexity index is 1040. The number of aryl methyl sites for hydroxylation is 1. The SMILES string of the molecule is Cc1ccc(S(=O)(=O)N(CC#Cc2ccccc2)CC=C=C(C(C)C)C(C)C)cc1. The van der Waals surface area contributed by atoms with Gasteiger partial charge < -0.3 is 0 Å². The molecule has 0 aliphatic rings. The summed E-state index contributed by atoms with van der Waals surface area (Å²) in [6.07, 6.45) is 1.81. The van der Waals surface area contributed by atoms with Crippen molar-refractivity contribution in [3.05, 3.63) is 83.1 Å². The molecular formula is C26H31NO2S. The van der Waals surface area contributed by atoms with Crippen molar-refractivity contribution in [2.75, 3.05) is 13.1 Å². The third-order valence-corrected chi connectivity index (χ3v) is 6.55. The van der Waals surface area contributed by atoms with Crippen LogP contribution in [0.2, 0.25) is 0 Å². The number of hydrogen-bond acceptors (Lipinski definition) is 2. The topological polar surface area (TPSA) is 37.4 Å². The molecule has 0 aromatic heterocycles. The van der Waals surface area contributed by atoms with Crippen molar-refractivity contribution < 1.29 is 8.42 Å². The number of nitrogens with zero attached hydrogens (tertiary/aromatic N) is 1. The van der Waals surface area contributed by atoms with E-state index in [1.807, 2.05) is 55.5 Å². The standard InChI is InChI=1S/C26H31NO2S/c1-21(2)26(22(3)4)14-10-20-27(19-9-13-24-11-7-6-8-12-24)30(28,29)25-17-15-23(5)16-18-25/h6-8,10-12,15-18,21-22H,19-20H2,1-5H3. The lowest BCUT2D eigenvalue weighted by molar-refractivity contribution is 0.478. The molecule has 0 amide bonds. The lowest BCUT2D eigenvalue weighted by Crippen LogP contribution is -2.31. The lowest BCUT2D eigenvalue weighted by Gasteiger charge is -2.18. The Kier molecular flexibility index (Phi) is 8.69. The first-order valence-corrected chi connectivity index (χ1v) is 11.7. The van der Waals surface area contributed by atoms with Gasteiger partial charge in [0.15, 0.2) is 0 Å². The molecule has 2 aromatic rings. The smallest absolute Gasteiger partial charge is 0.207 e. The molecule has 0 saturated heterocycles. The highest BCUT2D eigenvalue weighted by Crippen LogP contribution is 2.19. The zero-order valence-corrected chi connectivity index (χ0v) is 19.3. The van der Waals surface area contributed by atoms with Gasteiger partial charge in [-0.05, 0) is 54.7 Å². The fourth-order valence-electron chi connectivity index (χ4n) is 3.12. The van der Waals surface area contributed by atoms with E-state index in [1.165, 1.54) is 9.88 Å². The van der Waals surface area contributed by atoms with Crippen LogP contribution >= 0.6 is 0 Å². The molecule has 2 aromatic carbocycles. The molecule has 30 heavy (non-hydrogen) atoms. The van der Waals surface area contributed by atoms with Crippen molar-refractivity contribution in [1.29, 1.82) is 0 Å². The van der Waals surface area contributed by atoms with Gasteiger partial charge in [0.05, 0.1) is 11.4 Å². The lowest BCUT2D eigenvalue weighted by atomic mass is 9.93. The predicted molar refractivity (Wildman–Crippen MR) is 125 cm³/mol. The summed E-state index contributed by atoms with van der Waals surface area (Å²) in [5.41, 5.74) is 6.39. The van der Waals surface area contributed by atoms with E-state index in [0.717, 1.165) is 11.1 Å². The summed E-state index contributed by atoms with van der Waals surface area (Å²) in [4.78, 5) is 0.278. The zero-order valence-electron chi connectivity index (χ0n) is 18.5. The van der Waals surface area contributed by atoms with Crippen LogP contribution in [0.5, 0.6) is 0 Å². The van der Waals surface area contributed by atoms with Gasteiger partial charge >= 0.3 is 0 Å². The molecule has 0 unspecified atom stereocenters. The average Bonchev–Trinajstić information content (AvgIpc) is 2.70. The summed E-state index contributed by atoms with van der Waals surface area (Å²) in [5.74, 6) is 6.79. The average molecular weight is 422 g/mol. The van der Waals surface area contributed by atoms with Gasteiger partial charge in [0.25, 0.3) is 0 Å². The van der Waals surface area contributed by atoms with Crippen LogP contribution < -0.4 is 0 Å². The fourth-order valence-corrected chi connectivity index (χ4v) is 4.41. The van der Waals surface area contributed by atoms with Crippen molar-refractivity contribution >= 4 is 10.0 Å². The second kappa shape index (κ2) is 11.0. The van der Waals surface area contributed by atoms with Crippen LogP contribution in [0.15, 0.2) is 76.9 Å². The van der Waals surface area contributed by atoms with E-state index in [-0.39, 0.29) is 18.0 Å². The van der Waals surface area contributed by atoms with E-state index in [9.17, 15) is 8.42 Å². The highest BCUT2D eigenvalue weighted by molar-refractivity contribution is 7.89. The van der Waals surface area contributed by atoms with E-state index in [1.54, 1.807) is 12.1 Å². The Morgan fingerprint density at radius 3 is 2.13 bits per heavy atom. The van der Waals surface area contributed by atoms with Crippen LogP contribution in [0.25, 0.3) is 0 Å². The number of rotatable bonds is 7. The van der Waals surface area contributed by atoms with E-state index in [4.69, 9.17) is 0 Å². The van der Waals surface area contributed by atoms with Gasteiger partial charge in [-0.25, -0.2) is 8.42 Å². The van der Waals surface area contributed by atoms with Gasteiger partial charge in [0.1, 0.15) is 0 Å². The van der Waals surface area contributed by atoms with Gasteiger partial charge in [-0.1, -0.05) is 75.4 Å². The van der Waals surface area contributed by atoms with Gasteiger partial charge in [-0.15, -0.1) is 5.73 Å². The molecule has 0 N–H and O–H groups in total. The highest BCUT2D eigenvalue weighted by atomic mass is 32.2. The van der Waals surface area contributed by atoms with E-state index in [2.05, 4.69) is 45.3 Å². The van der Waals surface area contributed by atoms with Crippen LogP contribution in [0.3, 0.4) is 0 Å². The summed E-state index contributed by atoms with van der Waals surface area (Å²) >= 11 is 0. The van der Waals surface area contributed by atoms with E-state index in [0.29, 0.717) is 11.8 Å². The van der Waals surface area contributed by atoms with E-state index >= 15 is 0 Å². The van der Waals surface area contributed by atoms with Crippen molar-refractivity contribution in [3.8, 4) is 11.8 Å². The molecule has 0 radical (unpaired) electrons. The van der Waals surface area contributed by atoms with Crippen LogP contribution in [-0.4, -0.2) is 25.8 Å². The van der Waals surface area contributed by atoms with Gasteiger partial charge in [-0.2, -0.15) is 4.31 Å². The van der Waals surface area contributed by atoms with Gasteiger partial charge in [-0.3, -0.25) is 0 Å². The molecular weight excluding hydrogens is 390 g/mol. The maximum Gasteiger partial charge on any atom is 0.244 e. The molecule has 0 bridgehead atoms. The van der Waals surface area contributed by atoms with Crippen molar-refractivity contribution in [1.82, 2.24) is 4.31 Å². The molecule has 4 heteroatoms. The van der Waals surface area contributed by atoms with Crippen molar-refractivity contribution in [2.45, 2.75) is 39.5 Å². The Labute approximate surface area is 182 Å². The second-order valence-corrected chi connectivity index (χ2v) is 9.83. The Hall–Kier alpha value is -2.57. The Morgan fingerprint density at radius 1 is 0.967 bits per heavy atom. The monoisotopic (exact) mass is 421 g/mol. The normalized spacial score (nSPS) is 11.2. The molecule has 0 saturated carbocycles. The maximum absolute atomic E-state index is 13.2. The van der Waals surface area contributed by atoms with Gasteiger partial charge in [0, 0.05) is 12.1 Å². The molecule has 158 valence electrons. The van der Waals surface area contributed by atoms with E-state index < -0.39 is 10.0 Å². The predicted octanol–water partition coefficient (Wildman–Crippen LogP) is 5.43. The minimum Gasteiger partial charge on any atom is -0.207 e. The number of sulfonamides is 1. The number of benzene rings is 2. The highest BCUT2D eigenvalue weighted by Gasteiger charge is 2.22. The molecule has 3 nitrogen and oxygen atoms in total. The first-order chi connectivity index (χ1) is 14.2. The summed E-state index contributed by atoms with van der Waals surface area (Å²) in [7, 11) is -3.66. The third kappa shape index (κ3) is 6.75. The Balaban J connectivity index is 2.35. The van der Waals surface area contributed by atoms with Crippen LogP contribution in [-0.2, 0) is 10.0 Å².